The lowest BCUT2D eigenvalue weighted by molar-refractivity contribution is 0.0940. The molecule has 3 rings (SSSR count). The fraction of sp³-hybridized carbons (Fsp3) is 0.0952. The molecule has 1 atom stereocenters. The van der Waals surface area contributed by atoms with Gasteiger partial charge in [0.15, 0.2) is 0 Å². The van der Waals surface area contributed by atoms with E-state index >= 15 is 0 Å². The molecule has 0 fully saturated rings. The van der Waals surface area contributed by atoms with Crippen molar-refractivity contribution in [3.8, 4) is 11.1 Å². The number of benzene rings is 3. The molecule has 2 nitrogen and oxygen atoms in total. The molecule has 0 aromatic heterocycles. The van der Waals surface area contributed by atoms with Crippen LogP contribution >= 0.6 is 0 Å². The minimum absolute atomic E-state index is 0.0347. The van der Waals surface area contributed by atoms with Crippen LogP contribution < -0.4 is 5.32 Å². The monoisotopic (exact) mass is 301 g/mol. The number of carbonyl (C=O) groups is 1. The van der Waals surface area contributed by atoms with E-state index in [-0.39, 0.29) is 11.9 Å². The number of amides is 1. The van der Waals surface area contributed by atoms with E-state index < -0.39 is 0 Å². The van der Waals surface area contributed by atoms with Gasteiger partial charge in [-0.3, -0.25) is 4.79 Å². The zero-order valence-electron chi connectivity index (χ0n) is 13.1. The van der Waals surface area contributed by atoms with Crippen LogP contribution in [-0.2, 0) is 0 Å². The predicted molar refractivity (Wildman–Crippen MR) is 94.2 cm³/mol. The maximum absolute atomic E-state index is 12.7. The van der Waals surface area contributed by atoms with E-state index in [1.807, 2.05) is 91.9 Å². The lowest BCUT2D eigenvalue weighted by atomic mass is 9.98. The minimum atomic E-state index is -0.0548. The molecule has 0 heterocycles. The van der Waals surface area contributed by atoms with E-state index in [2.05, 4.69) is 5.32 Å². The van der Waals surface area contributed by atoms with Crippen LogP contribution in [-0.4, -0.2) is 5.91 Å². The van der Waals surface area contributed by atoms with Crippen molar-refractivity contribution in [1.29, 1.82) is 0 Å². The molecule has 0 spiro atoms. The summed E-state index contributed by atoms with van der Waals surface area (Å²) in [6.07, 6.45) is 0. The van der Waals surface area contributed by atoms with Gasteiger partial charge in [-0.25, -0.2) is 0 Å². The van der Waals surface area contributed by atoms with Gasteiger partial charge in [-0.05, 0) is 29.7 Å². The lowest BCUT2D eigenvalue weighted by Crippen LogP contribution is -2.27. The summed E-state index contributed by atoms with van der Waals surface area (Å²) in [7, 11) is 0. The van der Waals surface area contributed by atoms with Gasteiger partial charge < -0.3 is 5.32 Å². The average molecular weight is 301 g/mol. The molecule has 0 bridgehead atoms. The van der Waals surface area contributed by atoms with Crippen molar-refractivity contribution in [1.82, 2.24) is 5.32 Å². The first-order chi connectivity index (χ1) is 11.3. The number of rotatable bonds is 4. The second-order valence-corrected chi connectivity index (χ2v) is 5.52. The van der Waals surface area contributed by atoms with Gasteiger partial charge in [0.05, 0.1) is 6.04 Å². The van der Waals surface area contributed by atoms with Gasteiger partial charge in [-0.1, -0.05) is 78.9 Å². The Balaban J connectivity index is 1.86. The van der Waals surface area contributed by atoms with Crippen LogP contribution in [0.15, 0.2) is 84.9 Å². The molecule has 1 N–H and O–H groups in total. The molecule has 0 aliphatic carbocycles. The van der Waals surface area contributed by atoms with Crippen LogP contribution in [0.2, 0.25) is 0 Å². The molecule has 1 amide bonds. The van der Waals surface area contributed by atoms with Crippen molar-refractivity contribution in [3.05, 3.63) is 96.1 Å². The molecule has 0 saturated carbocycles. The summed E-state index contributed by atoms with van der Waals surface area (Å²) in [5.41, 5.74) is 3.79. The third-order valence-electron chi connectivity index (χ3n) is 3.90. The molecule has 114 valence electrons. The Kier molecular flexibility index (Phi) is 4.53. The molecular formula is C21H19NO. The molecule has 0 aliphatic heterocycles. The summed E-state index contributed by atoms with van der Waals surface area (Å²) in [4.78, 5) is 12.7. The molecule has 3 aromatic rings. The highest BCUT2D eigenvalue weighted by molar-refractivity contribution is 6.01. The Morgan fingerprint density at radius 1 is 0.783 bits per heavy atom. The average Bonchev–Trinajstić information content (AvgIpc) is 2.63. The maximum Gasteiger partial charge on any atom is 0.252 e. The number of carbonyl (C=O) groups excluding carboxylic acids is 1. The first kappa shape index (κ1) is 15.0. The van der Waals surface area contributed by atoms with Crippen LogP contribution in [0.25, 0.3) is 11.1 Å². The second kappa shape index (κ2) is 6.93. The highest BCUT2D eigenvalue weighted by Gasteiger charge is 2.15. The van der Waals surface area contributed by atoms with Crippen LogP contribution in [0, 0.1) is 0 Å². The Hall–Kier alpha value is -2.87. The fourth-order valence-electron chi connectivity index (χ4n) is 2.65. The zero-order chi connectivity index (χ0) is 16.1. The smallest absolute Gasteiger partial charge is 0.252 e. The van der Waals surface area contributed by atoms with Crippen molar-refractivity contribution in [3.63, 3.8) is 0 Å². The summed E-state index contributed by atoms with van der Waals surface area (Å²) >= 11 is 0. The predicted octanol–water partition coefficient (Wildman–Crippen LogP) is 4.84. The first-order valence-corrected chi connectivity index (χ1v) is 7.76. The van der Waals surface area contributed by atoms with Crippen molar-refractivity contribution >= 4 is 5.91 Å². The maximum atomic E-state index is 12.7. The number of hydrogen-bond donors (Lipinski definition) is 1. The van der Waals surface area contributed by atoms with Crippen molar-refractivity contribution in [2.45, 2.75) is 13.0 Å². The first-order valence-electron chi connectivity index (χ1n) is 7.76. The van der Waals surface area contributed by atoms with Gasteiger partial charge in [0.2, 0.25) is 0 Å². The minimum Gasteiger partial charge on any atom is -0.345 e. The third kappa shape index (κ3) is 3.49. The third-order valence-corrected chi connectivity index (χ3v) is 3.90. The van der Waals surface area contributed by atoms with Gasteiger partial charge in [-0.15, -0.1) is 0 Å². The molecule has 0 saturated heterocycles. The van der Waals surface area contributed by atoms with Crippen LogP contribution in [0.1, 0.15) is 28.9 Å². The van der Waals surface area contributed by atoms with E-state index in [0.717, 1.165) is 16.7 Å². The summed E-state index contributed by atoms with van der Waals surface area (Å²) in [5.74, 6) is -0.0548. The summed E-state index contributed by atoms with van der Waals surface area (Å²) in [6.45, 7) is 2.00. The van der Waals surface area contributed by atoms with E-state index in [1.54, 1.807) is 0 Å². The van der Waals surface area contributed by atoms with E-state index in [1.165, 1.54) is 0 Å². The van der Waals surface area contributed by atoms with Crippen LogP contribution in [0.5, 0.6) is 0 Å². The Bertz CT molecular complexity index is 781. The Labute approximate surface area is 136 Å². The van der Waals surface area contributed by atoms with Gasteiger partial charge in [0, 0.05) is 5.56 Å². The number of hydrogen-bond acceptors (Lipinski definition) is 1. The van der Waals surface area contributed by atoms with E-state index in [4.69, 9.17) is 0 Å². The summed E-state index contributed by atoms with van der Waals surface area (Å²) in [6, 6.07) is 27.6. The Morgan fingerprint density at radius 3 is 2.04 bits per heavy atom. The van der Waals surface area contributed by atoms with Crippen LogP contribution in [0.3, 0.4) is 0 Å². The molecule has 23 heavy (non-hydrogen) atoms. The van der Waals surface area contributed by atoms with Crippen molar-refractivity contribution in [2.24, 2.45) is 0 Å². The SMILES string of the molecule is CC(NC(=O)c1ccccc1-c1ccccc1)c1ccccc1. The largest absolute Gasteiger partial charge is 0.345 e. The van der Waals surface area contributed by atoms with Gasteiger partial charge >= 0.3 is 0 Å². The number of nitrogens with one attached hydrogen (secondary N) is 1. The summed E-state index contributed by atoms with van der Waals surface area (Å²) < 4.78 is 0. The topological polar surface area (TPSA) is 29.1 Å². The standard InChI is InChI=1S/C21H19NO/c1-16(17-10-4-2-5-11-17)22-21(23)20-15-9-8-14-19(20)18-12-6-3-7-13-18/h2-16H,1H3,(H,22,23). The van der Waals surface area contributed by atoms with Gasteiger partial charge in [0.25, 0.3) is 5.91 Å². The van der Waals surface area contributed by atoms with Crippen molar-refractivity contribution < 1.29 is 4.79 Å². The molecule has 1 unspecified atom stereocenters. The molecule has 0 radical (unpaired) electrons. The van der Waals surface area contributed by atoms with E-state index in [0.29, 0.717) is 5.56 Å². The zero-order valence-corrected chi connectivity index (χ0v) is 13.1. The highest BCUT2D eigenvalue weighted by Crippen LogP contribution is 2.24. The quantitative estimate of drug-likeness (QED) is 0.733. The molecule has 2 heteroatoms. The second-order valence-electron chi connectivity index (χ2n) is 5.52. The normalized spacial score (nSPS) is 11.7. The summed E-state index contributed by atoms with van der Waals surface area (Å²) in [5, 5.41) is 3.08. The van der Waals surface area contributed by atoms with Gasteiger partial charge in [-0.2, -0.15) is 0 Å². The molecule has 0 aliphatic rings. The molecule has 3 aromatic carbocycles. The highest BCUT2D eigenvalue weighted by atomic mass is 16.1. The Morgan fingerprint density at radius 2 is 1.35 bits per heavy atom. The van der Waals surface area contributed by atoms with Gasteiger partial charge in [0.1, 0.15) is 0 Å². The molecular weight excluding hydrogens is 282 g/mol. The lowest BCUT2D eigenvalue weighted by Gasteiger charge is -2.16. The van der Waals surface area contributed by atoms with Crippen molar-refractivity contribution in [2.75, 3.05) is 0 Å². The fourth-order valence-corrected chi connectivity index (χ4v) is 2.65. The van der Waals surface area contributed by atoms with E-state index in [9.17, 15) is 4.79 Å². The van der Waals surface area contributed by atoms with Crippen LogP contribution in [0.4, 0.5) is 0 Å².